The first kappa shape index (κ1) is 14.0. The van der Waals surface area contributed by atoms with Crippen molar-refractivity contribution in [2.24, 2.45) is 5.73 Å². The van der Waals surface area contributed by atoms with Gasteiger partial charge in [-0.1, -0.05) is 0 Å². The van der Waals surface area contributed by atoms with Crippen LogP contribution in [0.4, 0.5) is 8.78 Å². The first-order valence-electron chi connectivity index (χ1n) is 5.63. The van der Waals surface area contributed by atoms with E-state index in [0.717, 1.165) is 19.1 Å². The van der Waals surface area contributed by atoms with Gasteiger partial charge in [-0.2, -0.15) is 0 Å². The lowest BCUT2D eigenvalue weighted by atomic mass is 9.91. The zero-order valence-electron chi connectivity index (χ0n) is 10.7. The van der Waals surface area contributed by atoms with Crippen molar-refractivity contribution in [3.63, 3.8) is 0 Å². The summed E-state index contributed by atoms with van der Waals surface area (Å²) in [4.78, 5) is 23.1. The largest absolute Gasteiger partial charge is 0.457 e. The van der Waals surface area contributed by atoms with E-state index in [1.54, 1.807) is 0 Å². The number of ketones is 1. The van der Waals surface area contributed by atoms with E-state index in [1.165, 1.54) is 6.92 Å². The molecule has 0 aliphatic carbocycles. The highest BCUT2D eigenvalue weighted by atomic mass is 19.1. The number of benzene rings is 1. The van der Waals surface area contributed by atoms with Gasteiger partial charge in [-0.3, -0.25) is 9.59 Å². The number of hydrogen-bond acceptors (Lipinski definition) is 5. The summed E-state index contributed by atoms with van der Waals surface area (Å²) in [6.45, 7) is 2.34. The van der Waals surface area contributed by atoms with E-state index in [0.29, 0.717) is 6.07 Å². The lowest BCUT2D eigenvalue weighted by molar-refractivity contribution is -0.142. The fraction of sp³-hybridized carbons (Fsp3) is 0.231. The fourth-order valence-electron chi connectivity index (χ4n) is 1.94. The SMILES string of the molecule is CC(=O)OC1=C(N)OC(C)(c2ccc(F)cc2F)C1=O. The van der Waals surface area contributed by atoms with E-state index in [-0.39, 0.29) is 5.56 Å². The minimum atomic E-state index is -1.80. The summed E-state index contributed by atoms with van der Waals surface area (Å²) >= 11 is 0. The molecule has 1 aliphatic heterocycles. The molecule has 0 saturated heterocycles. The standard InChI is InChI=1S/C13H11F2NO4/c1-6(17)19-10-11(18)13(2,20-12(10)16)8-4-3-7(14)5-9(8)15/h3-5H,16H2,1-2H3. The molecule has 5 nitrogen and oxygen atoms in total. The van der Waals surface area contributed by atoms with Crippen LogP contribution in [0.25, 0.3) is 0 Å². The zero-order chi connectivity index (χ0) is 15.1. The highest BCUT2D eigenvalue weighted by molar-refractivity contribution is 6.04. The molecule has 1 aromatic rings. The normalized spacial score (nSPS) is 21.9. The molecule has 1 aromatic carbocycles. The van der Waals surface area contributed by atoms with Crippen molar-refractivity contribution in [1.29, 1.82) is 0 Å². The third-order valence-electron chi connectivity index (χ3n) is 2.87. The molecule has 1 unspecified atom stereocenters. The van der Waals surface area contributed by atoms with Crippen LogP contribution in [0.5, 0.6) is 0 Å². The Balaban J connectivity index is 2.44. The Morgan fingerprint density at radius 2 is 2.05 bits per heavy atom. The molecule has 0 bridgehead atoms. The van der Waals surface area contributed by atoms with E-state index in [4.69, 9.17) is 10.5 Å². The Hall–Kier alpha value is -2.44. The van der Waals surface area contributed by atoms with E-state index < -0.39 is 40.6 Å². The summed E-state index contributed by atoms with van der Waals surface area (Å²) in [5.74, 6) is -4.22. The van der Waals surface area contributed by atoms with Crippen molar-refractivity contribution in [2.45, 2.75) is 19.4 Å². The summed E-state index contributed by atoms with van der Waals surface area (Å²) in [5.41, 5.74) is 3.47. The average molecular weight is 283 g/mol. The third kappa shape index (κ3) is 2.11. The van der Waals surface area contributed by atoms with Gasteiger partial charge in [0, 0.05) is 18.6 Å². The molecule has 1 aliphatic rings. The summed E-state index contributed by atoms with van der Waals surface area (Å²) in [6, 6.07) is 2.68. The van der Waals surface area contributed by atoms with Gasteiger partial charge in [0.1, 0.15) is 11.6 Å². The highest BCUT2D eigenvalue weighted by Gasteiger charge is 2.50. The van der Waals surface area contributed by atoms with Crippen molar-refractivity contribution in [3.05, 3.63) is 47.0 Å². The molecule has 7 heteroatoms. The van der Waals surface area contributed by atoms with Gasteiger partial charge in [0.05, 0.1) is 0 Å². The van der Waals surface area contributed by atoms with Gasteiger partial charge >= 0.3 is 5.97 Å². The number of ether oxygens (including phenoxy) is 2. The first-order chi connectivity index (χ1) is 9.25. The van der Waals surface area contributed by atoms with Crippen LogP contribution in [-0.4, -0.2) is 11.8 Å². The Morgan fingerprint density at radius 3 is 2.60 bits per heavy atom. The van der Waals surface area contributed by atoms with Gasteiger partial charge in [0.15, 0.2) is 0 Å². The second-order valence-corrected chi connectivity index (χ2v) is 4.38. The number of nitrogens with two attached hydrogens (primary N) is 1. The number of rotatable bonds is 2. The molecule has 0 amide bonds. The molecule has 106 valence electrons. The molecule has 0 spiro atoms. The lowest BCUT2D eigenvalue weighted by Gasteiger charge is -2.23. The number of halogens is 2. The summed E-state index contributed by atoms with van der Waals surface area (Å²) in [6.07, 6.45) is 0. The summed E-state index contributed by atoms with van der Waals surface area (Å²) < 4.78 is 36.5. The minimum Gasteiger partial charge on any atom is -0.457 e. The van der Waals surface area contributed by atoms with Gasteiger partial charge < -0.3 is 15.2 Å². The lowest BCUT2D eigenvalue weighted by Crippen LogP contribution is -2.33. The monoisotopic (exact) mass is 283 g/mol. The van der Waals surface area contributed by atoms with Crippen molar-refractivity contribution in [1.82, 2.24) is 0 Å². The van der Waals surface area contributed by atoms with Crippen molar-refractivity contribution < 1.29 is 27.8 Å². The van der Waals surface area contributed by atoms with Crippen LogP contribution in [0.15, 0.2) is 29.8 Å². The minimum absolute atomic E-state index is 0.200. The number of carbonyl (C=O) groups excluding carboxylic acids is 2. The number of carbonyl (C=O) groups is 2. The second-order valence-electron chi connectivity index (χ2n) is 4.38. The van der Waals surface area contributed by atoms with E-state index in [1.807, 2.05) is 0 Å². The molecular formula is C13H11F2NO4. The Kier molecular flexibility index (Phi) is 3.21. The zero-order valence-corrected chi connectivity index (χ0v) is 10.7. The fourth-order valence-corrected chi connectivity index (χ4v) is 1.94. The molecule has 0 aromatic heterocycles. The molecule has 1 atom stereocenters. The maximum absolute atomic E-state index is 13.8. The van der Waals surface area contributed by atoms with E-state index in [2.05, 4.69) is 4.74 Å². The second kappa shape index (κ2) is 4.59. The van der Waals surface area contributed by atoms with Crippen molar-refractivity contribution in [2.75, 3.05) is 0 Å². The third-order valence-corrected chi connectivity index (χ3v) is 2.87. The van der Waals surface area contributed by atoms with Gasteiger partial charge in [-0.25, -0.2) is 8.78 Å². The van der Waals surface area contributed by atoms with E-state index in [9.17, 15) is 18.4 Å². The van der Waals surface area contributed by atoms with Gasteiger partial charge in [-0.15, -0.1) is 0 Å². The topological polar surface area (TPSA) is 78.6 Å². The molecule has 0 fully saturated rings. The van der Waals surface area contributed by atoms with Crippen molar-refractivity contribution >= 4 is 11.8 Å². The molecule has 20 heavy (non-hydrogen) atoms. The van der Waals surface area contributed by atoms with Crippen LogP contribution in [0.2, 0.25) is 0 Å². The molecular weight excluding hydrogens is 272 g/mol. The van der Waals surface area contributed by atoms with Gasteiger partial charge in [0.2, 0.25) is 17.2 Å². The van der Waals surface area contributed by atoms with Crippen LogP contribution in [0.3, 0.4) is 0 Å². The smallest absolute Gasteiger partial charge is 0.308 e. The molecule has 1 heterocycles. The number of hydrogen-bond donors (Lipinski definition) is 1. The predicted octanol–water partition coefficient (Wildman–Crippen LogP) is 1.47. The molecule has 2 N–H and O–H groups in total. The van der Waals surface area contributed by atoms with Crippen LogP contribution < -0.4 is 5.73 Å². The predicted molar refractivity (Wildman–Crippen MR) is 62.8 cm³/mol. The van der Waals surface area contributed by atoms with Gasteiger partial charge in [-0.05, 0) is 19.1 Å². The van der Waals surface area contributed by atoms with Gasteiger partial charge in [0.25, 0.3) is 5.78 Å². The number of esters is 1. The molecule has 0 radical (unpaired) electrons. The summed E-state index contributed by atoms with van der Waals surface area (Å²) in [5, 5.41) is 0. The number of Topliss-reactive ketones (excluding diaryl/α,β-unsaturated/α-hetero) is 1. The van der Waals surface area contributed by atoms with Crippen LogP contribution in [0.1, 0.15) is 19.4 Å². The maximum atomic E-state index is 13.8. The van der Waals surface area contributed by atoms with Crippen molar-refractivity contribution in [3.8, 4) is 0 Å². The Morgan fingerprint density at radius 1 is 1.40 bits per heavy atom. The highest BCUT2D eigenvalue weighted by Crippen LogP contribution is 2.38. The molecule has 0 saturated carbocycles. The Bertz CT molecular complexity index is 641. The Labute approximate surface area is 113 Å². The average Bonchev–Trinajstić information content (AvgIpc) is 2.53. The van der Waals surface area contributed by atoms with E-state index >= 15 is 0 Å². The molecule has 2 rings (SSSR count). The first-order valence-corrected chi connectivity index (χ1v) is 5.63. The quantitative estimate of drug-likeness (QED) is 0.831. The maximum Gasteiger partial charge on any atom is 0.308 e. The van der Waals surface area contributed by atoms with Crippen LogP contribution in [-0.2, 0) is 24.7 Å². The summed E-state index contributed by atoms with van der Waals surface area (Å²) in [7, 11) is 0. The van der Waals surface area contributed by atoms with Crippen LogP contribution >= 0.6 is 0 Å². The van der Waals surface area contributed by atoms with Crippen LogP contribution in [0, 0.1) is 11.6 Å².